The number of hydrogen-bond donors (Lipinski definition) is 4. The van der Waals surface area contributed by atoms with Gasteiger partial charge >= 0.3 is 6.03 Å². The summed E-state index contributed by atoms with van der Waals surface area (Å²) in [6, 6.07) is 11.3. The minimum absolute atomic E-state index is 0.153. The van der Waals surface area contributed by atoms with E-state index in [1.807, 2.05) is 0 Å². The fraction of sp³-hybridized carbons (Fsp3) is 0.136. The lowest BCUT2D eigenvalue weighted by Crippen LogP contribution is -2.36. The summed E-state index contributed by atoms with van der Waals surface area (Å²) < 4.78 is 0. The lowest BCUT2D eigenvalue weighted by Gasteiger charge is -2.27. The molecule has 3 heterocycles. The quantitative estimate of drug-likeness (QED) is 0.341. The highest BCUT2D eigenvalue weighted by atomic mass is 35.5. The van der Waals surface area contributed by atoms with Crippen molar-refractivity contribution in [2.75, 3.05) is 17.2 Å². The Kier molecular flexibility index (Phi) is 5.64. The van der Waals surface area contributed by atoms with Gasteiger partial charge in [0.25, 0.3) is 11.8 Å². The van der Waals surface area contributed by atoms with E-state index in [1.165, 1.54) is 11.3 Å². The standard InChI is InChI=1S/C22H18ClN7O3S/c23-12-2-4-13(5-3-12)25-22(33)26-20-18(19(24)31)14-7-8-30(10-17(14)34-20)21(32)11-1-6-15-16(9-11)28-29-27-15/h1-6,9H,7-8,10H2,(H2,24,31)(H2,25,26,33)(H,27,28,29). The first kappa shape index (κ1) is 21.9. The molecule has 1 aliphatic rings. The monoisotopic (exact) mass is 495 g/mol. The highest BCUT2D eigenvalue weighted by Crippen LogP contribution is 2.37. The zero-order valence-corrected chi connectivity index (χ0v) is 19.2. The van der Waals surface area contributed by atoms with Crippen molar-refractivity contribution < 1.29 is 14.4 Å². The number of hydrogen-bond acceptors (Lipinski definition) is 6. The van der Waals surface area contributed by atoms with Gasteiger partial charge in [0.1, 0.15) is 10.5 Å². The van der Waals surface area contributed by atoms with Crippen LogP contribution in [-0.4, -0.2) is 44.7 Å². The number of halogens is 1. The van der Waals surface area contributed by atoms with E-state index in [0.29, 0.717) is 46.3 Å². The second kappa shape index (κ2) is 8.76. The van der Waals surface area contributed by atoms with Crippen molar-refractivity contribution in [2.45, 2.75) is 13.0 Å². The molecule has 5 rings (SSSR count). The van der Waals surface area contributed by atoms with E-state index in [-0.39, 0.29) is 11.5 Å². The third kappa shape index (κ3) is 4.18. The number of benzene rings is 2. The largest absolute Gasteiger partial charge is 0.365 e. The zero-order valence-electron chi connectivity index (χ0n) is 17.6. The number of carbonyl (C=O) groups is 3. The van der Waals surface area contributed by atoms with E-state index in [9.17, 15) is 14.4 Å². The van der Waals surface area contributed by atoms with Crippen molar-refractivity contribution in [1.29, 1.82) is 0 Å². The number of primary amides is 1. The van der Waals surface area contributed by atoms with Gasteiger partial charge in [-0.1, -0.05) is 16.8 Å². The predicted octanol–water partition coefficient (Wildman–Crippen LogP) is 3.61. The molecule has 4 aromatic rings. The van der Waals surface area contributed by atoms with E-state index in [1.54, 1.807) is 47.4 Å². The number of nitrogens with zero attached hydrogens (tertiary/aromatic N) is 3. The van der Waals surface area contributed by atoms with Gasteiger partial charge in [-0.05, 0) is 54.4 Å². The third-order valence-electron chi connectivity index (χ3n) is 5.49. The highest BCUT2D eigenvalue weighted by molar-refractivity contribution is 7.17. The van der Waals surface area contributed by atoms with Gasteiger partial charge in [-0.2, -0.15) is 0 Å². The fourth-order valence-electron chi connectivity index (χ4n) is 3.88. The van der Waals surface area contributed by atoms with Crippen LogP contribution in [0.25, 0.3) is 11.0 Å². The third-order valence-corrected chi connectivity index (χ3v) is 6.88. The SMILES string of the molecule is NC(=O)c1c(NC(=O)Nc2ccc(Cl)cc2)sc2c1CCN(C(=O)c1ccc3[nH]nnc3c1)C2. The first-order valence-electron chi connectivity index (χ1n) is 10.3. The van der Waals surface area contributed by atoms with Crippen molar-refractivity contribution >= 4 is 62.5 Å². The molecule has 10 nitrogen and oxygen atoms in total. The molecule has 0 fully saturated rings. The number of carbonyl (C=O) groups excluding carboxylic acids is 3. The minimum atomic E-state index is -0.629. The Bertz CT molecular complexity index is 1430. The van der Waals surface area contributed by atoms with Crippen molar-refractivity contribution in [3.63, 3.8) is 0 Å². The van der Waals surface area contributed by atoms with Crippen molar-refractivity contribution in [1.82, 2.24) is 20.3 Å². The average Bonchev–Trinajstić information content (AvgIpc) is 3.43. The smallest absolute Gasteiger partial charge is 0.324 e. The Labute approximate surface area is 202 Å². The minimum Gasteiger partial charge on any atom is -0.365 e. The summed E-state index contributed by atoms with van der Waals surface area (Å²) in [5.41, 5.74) is 9.07. The topological polar surface area (TPSA) is 146 Å². The first-order valence-corrected chi connectivity index (χ1v) is 11.5. The van der Waals surface area contributed by atoms with E-state index < -0.39 is 11.9 Å². The number of nitrogens with one attached hydrogen (secondary N) is 3. The molecule has 0 saturated heterocycles. The van der Waals surface area contributed by atoms with Gasteiger partial charge in [0.15, 0.2) is 0 Å². The van der Waals surface area contributed by atoms with Gasteiger partial charge in [-0.15, -0.1) is 16.4 Å². The van der Waals surface area contributed by atoms with Crippen molar-refractivity contribution in [2.24, 2.45) is 5.73 Å². The van der Waals surface area contributed by atoms with Gasteiger partial charge in [-0.25, -0.2) is 4.79 Å². The number of nitrogens with two attached hydrogens (primary N) is 1. The number of aromatic nitrogens is 3. The first-order chi connectivity index (χ1) is 16.4. The predicted molar refractivity (Wildman–Crippen MR) is 129 cm³/mol. The molecule has 172 valence electrons. The maximum absolute atomic E-state index is 13.1. The fourth-order valence-corrected chi connectivity index (χ4v) is 5.27. The summed E-state index contributed by atoms with van der Waals surface area (Å²) in [5, 5.41) is 16.8. The van der Waals surface area contributed by atoms with Gasteiger partial charge < -0.3 is 16.0 Å². The summed E-state index contributed by atoms with van der Waals surface area (Å²) in [6.45, 7) is 0.715. The number of anilines is 2. The molecular formula is C22H18ClN7O3S. The molecule has 0 saturated carbocycles. The molecule has 4 amide bonds. The molecule has 5 N–H and O–H groups in total. The van der Waals surface area contributed by atoms with Crippen LogP contribution in [0.3, 0.4) is 0 Å². The van der Waals surface area contributed by atoms with Crippen LogP contribution in [0.4, 0.5) is 15.5 Å². The van der Waals surface area contributed by atoms with Crippen LogP contribution >= 0.6 is 22.9 Å². The summed E-state index contributed by atoms with van der Waals surface area (Å²) in [5.74, 6) is -0.782. The van der Waals surface area contributed by atoms with E-state index >= 15 is 0 Å². The van der Waals surface area contributed by atoms with E-state index in [4.69, 9.17) is 17.3 Å². The lowest BCUT2D eigenvalue weighted by atomic mass is 10.0. The molecule has 0 unspecified atom stereocenters. The van der Waals surface area contributed by atoms with E-state index in [0.717, 1.165) is 16.0 Å². The number of aromatic amines is 1. The molecular weight excluding hydrogens is 478 g/mol. The number of urea groups is 1. The van der Waals surface area contributed by atoms with Crippen molar-refractivity contribution in [3.05, 3.63) is 69.1 Å². The Balaban J connectivity index is 1.35. The number of fused-ring (bicyclic) bond motifs is 2. The van der Waals surface area contributed by atoms with Crippen LogP contribution in [0.1, 0.15) is 31.2 Å². The number of rotatable bonds is 4. The highest BCUT2D eigenvalue weighted by Gasteiger charge is 2.30. The van der Waals surface area contributed by atoms with Crippen LogP contribution in [0.5, 0.6) is 0 Å². The average molecular weight is 496 g/mol. The summed E-state index contributed by atoms with van der Waals surface area (Å²) in [4.78, 5) is 40.3. The maximum atomic E-state index is 13.1. The zero-order chi connectivity index (χ0) is 23.8. The van der Waals surface area contributed by atoms with Crippen LogP contribution in [0, 0.1) is 0 Å². The molecule has 34 heavy (non-hydrogen) atoms. The van der Waals surface area contributed by atoms with Crippen molar-refractivity contribution in [3.8, 4) is 0 Å². The summed E-state index contributed by atoms with van der Waals surface area (Å²) in [6.07, 6.45) is 0.447. The number of amides is 4. The Hall–Kier alpha value is -3.96. The normalized spacial score (nSPS) is 12.9. The number of H-pyrrole nitrogens is 1. The Morgan fingerprint density at radius 1 is 1.12 bits per heavy atom. The Morgan fingerprint density at radius 3 is 2.68 bits per heavy atom. The maximum Gasteiger partial charge on any atom is 0.324 e. The molecule has 0 spiro atoms. The van der Waals surface area contributed by atoms with E-state index in [2.05, 4.69) is 26.0 Å². The Morgan fingerprint density at radius 2 is 1.91 bits per heavy atom. The van der Waals surface area contributed by atoms with Gasteiger partial charge in [0.2, 0.25) is 0 Å². The molecule has 1 aliphatic heterocycles. The lowest BCUT2D eigenvalue weighted by molar-refractivity contribution is 0.0737. The molecule has 2 aromatic carbocycles. The van der Waals surface area contributed by atoms with Crippen LogP contribution in [0.15, 0.2) is 42.5 Å². The van der Waals surface area contributed by atoms with Crippen LogP contribution in [0.2, 0.25) is 5.02 Å². The molecule has 2 aromatic heterocycles. The second-order valence-corrected chi connectivity index (χ2v) is 9.22. The second-order valence-electron chi connectivity index (χ2n) is 7.68. The molecule has 0 aliphatic carbocycles. The molecule has 0 radical (unpaired) electrons. The molecule has 0 bridgehead atoms. The van der Waals surface area contributed by atoms with Gasteiger partial charge in [0.05, 0.1) is 17.6 Å². The van der Waals surface area contributed by atoms with Crippen LogP contribution in [-0.2, 0) is 13.0 Å². The van der Waals surface area contributed by atoms with Gasteiger partial charge in [0, 0.05) is 27.7 Å². The van der Waals surface area contributed by atoms with Crippen LogP contribution < -0.4 is 16.4 Å². The summed E-state index contributed by atoms with van der Waals surface area (Å²) >= 11 is 7.11. The van der Waals surface area contributed by atoms with Gasteiger partial charge in [-0.3, -0.25) is 20.0 Å². The summed E-state index contributed by atoms with van der Waals surface area (Å²) in [7, 11) is 0. The molecule has 0 atom stereocenters. The number of thiophene rings is 1. The molecule has 12 heteroatoms.